The summed E-state index contributed by atoms with van der Waals surface area (Å²) >= 11 is 0. The van der Waals surface area contributed by atoms with Crippen molar-refractivity contribution in [3.8, 4) is 5.75 Å². The molecule has 1 heterocycles. The van der Waals surface area contributed by atoms with Crippen LogP contribution in [0.25, 0.3) is 0 Å². The van der Waals surface area contributed by atoms with Crippen molar-refractivity contribution in [3.63, 3.8) is 0 Å². The summed E-state index contributed by atoms with van der Waals surface area (Å²) in [4.78, 5) is 11.9. The molecule has 1 saturated heterocycles. The Kier molecular flexibility index (Phi) is 2.68. The lowest BCUT2D eigenvalue weighted by atomic mass is 9.52. The molecule has 1 aromatic carbocycles. The van der Waals surface area contributed by atoms with E-state index in [9.17, 15) is 4.79 Å². The van der Waals surface area contributed by atoms with E-state index in [1.807, 2.05) is 0 Å². The number of hydrogen-bond acceptors (Lipinski definition) is 3. The molecule has 106 valence electrons. The number of Topliss-reactive ketones (excluding diaryl/α,β-unsaturated/α-hetero) is 1. The van der Waals surface area contributed by atoms with Gasteiger partial charge in [-0.25, -0.2) is 0 Å². The summed E-state index contributed by atoms with van der Waals surface area (Å²) < 4.78 is 5.43. The first-order valence-corrected chi connectivity index (χ1v) is 7.65. The van der Waals surface area contributed by atoms with Gasteiger partial charge in [0.2, 0.25) is 0 Å². The quantitative estimate of drug-likeness (QED) is 0.851. The molecule has 20 heavy (non-hydrogen) atoms. The Bertz CT molecular complexity index is 568. The minimum atomic E-state index is 0.214. The van der Waals surface area contributed by atoms with Crippen molar-refractivity contribution in [2.45, 2.75) is 43.6 Å². The topological polar surface area (TPSA) is 38.3 Å². The van der Waals surface area contributed by atoms with Crippen LogP contribution in [0.4, 0.5) is 0 Å². The van der Waals surface area contributed by atoms with Gasteiger partial charge in [-0.15, -0.1) is 0 Å². The number of hydrogen-bond donors (Lipinski definition) is 1. The third-order valence-electron chi connectivity index (χ3n) is 5.76. The molecule has 2 fully saturated rings. The lowest BCUT2D eigenvalue weighted by Gasteiger charge is -2.55. The molecule has 1 saturated carbocycles. The van der Waals surface area contributed by atoms with Crippen LogP contribution in [0.2, 0.25) is 0 Å². The highest BCUT2D eigenvalue weighted by molar-refractivity contribution is 5.80. The molecule has 0 unspecified atom stereocenters. The predicted octanol–water partition coefficient (Wildman–Crippen LogP) is 2.22. The van der Waals surface area contributed by atoms with Gasteiger partial charge in [-0.1, -0.05) is 6.07 Å². The van der Waals surface area contributed by atoms with E-state index in [0.717, 1.165) is 44.4 Å². The van der Waals surface area contributed by atoms with E-state index in [-0.39, 0.29) is 5.41 Å². The van der Waals surface area contributed by atoms with Crippen LogP contribution in [0.5, 0.6) is 5.75 Å². The molecule has 2 aliphatic carbocycles. The molecule has 2 bridgehead atoms. The minimum absolute atomic E-state index is 0.214. The van der Waals surface area contributed by atoms with E-state index < -0.39 is 0 Å². The first-order chi connectivity index (χ1) is 9.73. The number of rotatable bonds is 1. The molecular weight excluding hydrogens is 250 g/mol. The van der Waals surface area contributed by atoms with Gasteiger partial charge in [-0.05, 0) is 55.0 Å². The number of fused-ring (bicyclic) bond motifs is 1. The molecule has 1 aliphatic heterocycles. The molecule has 0 spiro atoms. The zero-order valence-electron chi connectivity index (χ0n) is 11.9. The third kappa shape index (κ3) is 1.59. The van der Waals surface area contributed by atoms with Crippen molar-refractivity contribution < 1.29 is 9.53 Å². The molecule has 3 nitrogen and oxygen atoms in total. The molecular formula is C17H21NO2. The molecule has 1 aromatic rings. The SMILES string of the molecule is COc1ccc2c(c1)[C@]13CCN[C@H](C2)[C@@H]1CC(=O)CC3. The Morgan fingerprint density at radius 1 is 1.30 bits per heavy atom. The Morgan fingerprint density at radius 3 is 3.05 bits per heavy atom. The Morgan fingerprint density at radius 2 is 2.20 bits per heavy atom. The van der Waals surface area contributed by atoms with Gasteiger partial charge in [-0.3, -0.25) is 4.79 Å². The maximum Gasteiger partial charge on any atom is 0.133 e. The van der Waals surface area contributed by atoms with Crippen molar-refractivity contribution in [1.29, 1.82) is 0 Å². The average molecular weight is 271 g/mol. The number of piperidine rings is 1. The number of nitrogens with one attached hydrogen (secondary N) is 1. The van der Waals surface area contributed by atoms with Gasteiger partial charge in [0.05, 0.1) is 7.11 Å². The van der Waals surface area contributed by atoms with Crippen LogP contribution in [0, 0.1) is 5.92 Å². The highest BCUT2D eigenvalue weighted by atomic mass is 16.5. The molecule has 3 aliphatic rings. The Labute approximate surface area is 119 Å². The van der Waals surface area contributed by atoms with E-state index >= 15 is 0 Å². The van der Waals surface area contributed by atoms with Crippen LogP contribution < -0.4 is 10.1 Å². The first-order valence-electron chi connectivity index (χ1n) is 7.65. The summed E-state index contributed by atoms with van der Waals surface area (Å²) in [5.41, 5.74) is 3.13. The monoisotopic (exact) mass is 271 g/mol. The van der Waals surface area contributed by atoms with Crippen LogP contribution >= 0.6 is 0 Å². The fraction of sp³-hybridized carbons (Fsp3) is 0.588. The summed E-state index contributed by atoms with van der Waals surface area (Å²) in [5, 5.41) is 3.65. The number of benzene rings is 1. The third-order valence-corrected chi connectivity index (χ3v) is 5.76. The summed E-state index contributed by atoms with van der Waals surface area (Å²) in [6, 6.07) is 7.01. The number of ether oxygens (including phenoxy) is 1. The van der Waals surface area contributed by atoms with Gasteiger partial charge in [0, 0.05) is 24.3 Å². The fourth-order valence-corrected chi connectivity index (χ4v) is 4.80. The van der Waals surface area contributed by atoms with E-state index in [1.165, 1.54) is 11.1 Å². The largest absolute Gasteiger partial charge is 0.497 e. The van der Waals surface area contributed by atoms with Crippen LogP contribution in [0.3, 0.4) is 0 Å². The number of ketones is 1. The van der Waals surface area contributed by atoms with E-state index in [2.05, 4.69) is 23.5 Å². The number of methoxy groups -OCH3 is 1. The van der Waals surface area contributed by atoms with E-state index in [0.29, 0.717) is 17.7 Å². The zero-order chi connectivity index (χ0) is 13.7. The number of carbonyl (C=O) groups is 1. The van der Waals surface area contributed by atoms with Crippen molar-refractivity contribution in [2.75, 3.05) is 13.7 Å². The second-order valence-corrected chi connectivity index (χ2v) is 6.54. The molecule has 0 amide bonds. The standard InChI is InChI=1S/C17H21NO2/c1-20-13-3-2-11-8-16-15-9-12(19)4-5-17(15,6-7-18-16)14(11)10-13/h2-3,10,15-16,18H,4-9H2,1H3/t15-,16+,17-/m0/s1. The fourth-order valence-electron chi connectivity index (χ4n) is 4.80. The summed E-state index contributed by atoms with van der Waals surface area (Å²) in [5.74, 6) is 1.88. The Hall–Kier alpha value is -1.35. The summed E-state index contributed by atoms with van der Waals surface area (Å²) in [7, 11) is 1.73. The molecule has 0 aromatic heterocycles. The summed E-state index contributed by atoms with van der Waals surface area (Å²) in [6.07, 6.45) is 4.74. The van der Waals surface area contributed by atoms with Gasteiger partial charge >= 0.3 is 0 Å². The molecule has 1 N–H and O–H groups in total. The van der Waals surface area contributed by atoms with Gasteiger partial charge in [0.25, 0.3) is 0 Å². The average Bonchev–Trinajstić information content (AvgIpc) is 2.47. The van der Waals surface area contributed by atoms with Crippen molar-refractivity contribution in [2.24, 2.45) is 5.92 Å². The van der Waals surface area contributed by atoms with E-state index in [4.69, 9.17) is 4.74 Å². The predicted molar refractivity (Wildman–Crippen MR) is 77.1 cm³/mol. The van der Waals surface area contributed by atoms with Gasteiger partial charge < -0.3 is 10.1 Å². The van der Waals surface area contributed by atoms with Crippen LogP contribution in [-0.4, -0.2) is 25.5 Å². The lowest BCUT2D eigenvalue weighted by Crippen LogP contribution is -2.60. The maximum atomic E-state index is 11.9. The van der Waals surface area contributed by atoms with Crippen molar-refractivity contribution in [3.05, 3.63) is 29.3 Å². The van der Waals surface area contributed by atoms with E-state index in [1.54, 1.807) is 7.11 Å². The minimum Gasteiger partial charge on any atom is -0.497 e. The highest BCUT2D eigenvalue weighted by Gasteiger charge is 2.53. The number of carbonyl (C=O) groups excluding carboxylic acids is 1. The molecule has 4 rings (SSSR count). The first kappa shape index (κ1) is 12.4. The maximum absolute atomic E-state index is 11.9. The van der Waals surface area contributed by atoms with Crippen LogP contribution in [-0.2, 0) is 16.6 Å². The van der Waals surface area contributed by atoms with Crippen LogP contribution in [0.1, 0.15) is 36.8 Å². The summed E-state index contributed by atoms with van der Waals surface area (Å²) in [6.45, 7) is 1.08. The van der Waals surface area contributed by atoms with Gasteiger partial charge in [0.15, 0.2) is 0 Å². The molecule has 0 radical (unpaired) electrons. The van der Waals surface area contributed by atoms with Crippen LogP contribution in [0.15, 0.2) is 18.2 Å². The Balaban J connectivity index is 1.87. The normalized spacial score (nSPS) is 35.1. The second kappa shape index (κ2) is 4.32. The second-order valence-electron chi connectivity index (χ2n) is 6.54. The molecule has 3 atom stereocenters. The zero-order valence-corrected chi connectivity index (χ0v) is 11.9. The highest BCUT2D eigenvalue weighted by Crippen LogP contribution is 2.53. The van der Waals surface area contributed by atoms with Gasteiger partial charge in [-0.2, -0.15) is 0 Å². The smallest absolute Gasteiger partial charge is 0.133 e. The van der Waals surface area contributed by atoms with Gasteiger partial charge in [0.1, 0.15) is 11.5 Å². The van der Waals surface area contributed by atoms with Crippen molar-refractivity contribution in [1.82, 2.24) is 5.32 Å². The lowest BCUT2D eigenvalue weighted by molar-refractivity contribution is -0.125. The van der Waals surface area contributed by atoms with Crippen molar-refractivity contribution >= 4 is 5.78 Å². The molecule has 3 heteroatoms.